The van der Waals surface area contributed by atoms with Crippen LogP contribution >= 0.6 is 31.9 Å². The van der Waals surface area contributed by atoms with Gasteiger partial charge in [-0.3, -0.25) is 20.2 Å². The third-order valence-corrected chi connectivity index (χ3v) is 6.38. The Labute approximate surface area is 230 Å². The summed E-state index contributed by atoms with van der Waals surface area (Å²) in [5, 5.41) is 4.09. The molecule has 0 saturated carbocycles. The van der Waals surface area contributed by atoms with Crippen molar-refractivity contribution in [3.05, 3.63) is 91.9 Å². The van der Waals surface area contributed by atoms with E-state index >= 15 is 0 Å². The van der Waals surface area contributed by atoms with Crippen LogP contribution in [0.2, 0.25) is 0 Å². The maximum absolute atomic E-state index is 12.0. The number of hydrogen-bond acceptors (Lipinski definition) is 6. The average Bonchev–Trinajstić information content (AvgIpc) is 2.86. The summed E-state index contributed by atoms with van der Waals surface area (Å²) in [4.78, 5) is 35.3. The van der Waals surface area contributed by atoms with Crippen molar-refractivity contribution in [2.75, 3.05) is 6.61 Å². The molecule has 4 amide bonds. The van der Waals surface area contributed by atoms with Gasteiger partial charge in [0.05, 0.1) is 15.6 Å². The van der Waals surface area contributed by atoms with Crippen LogP contribution in [-0.4, -0.2) is 24.5 Å². The van der Waals surface area contributed by atoms with Crippen molar-refractivity contribution in [1.29, 1.82) is 0 Å². The fraction of sp³-hybridized carbons (Fsp3) is 0.148. The lowest BCUT2D eigenvalue weighted by molar-refractivity contribution is -0.123. The summed E-state index contributed by atoms with van der Waals surface area (Å²) >= 11 is 6.97. The van der Waals surface area contributed by atoms with Gasteiger partial charge in [0, 0.05) is 0 Å². The Morgan fingerprint density at radius 1 is 0.757 bits per heavy atom. The summed E-state index contributed by atoms with van der Waals surface area (Å²) < 4.78 is 19.0. The summed E-state index contributed by atoms with van der Waals surface area (Å²) in [5.41, 5.74) is 2.31. The van der Waals surface area contributed by atoms with E-state index in [1.165, 1.54) is 6.08 Å². The number of nitrogens with one attached hydrogen (secondary N) is 2. The predicted molar refractivity (Wildman–Crippen MR) is 144 cm³/mol. The van der Waals surface area contributed by atoms with Crippen LogP contribution in [0.5, 0.6) is 17.2 Å². The Kier molecular flexibility index (Phi) is 8.62. The number of halogens is 2. The van der Waals surface area contributed by atoms with Gasteiger partial charge < -0.3 is 14.2 Å². The molecule has 0 aliphatic carbocycles. The molecule has 4 rings (SSSR count). The van der Waals surface area contributed by atoms with Gasteiger partial charge in [-0.05, 0) is 85.8 Å². The summed E-state index contributed by atoms with van der Waals surface area (Å²) in [6.45, 7) is 3.08. The third kappa shape index (κ3) is 6.78. The van der Waals surface area contributed by atoms with Crippen molar-refractivity contribution in [1.82, 2.24) is 10.6 Å². The number of amides is 4. The molecule has 0 bridgehead atoms. The lowest BCUT2D eigenvalue weighted by Crippen LogP contribution is -2.51. The SMILES string of the molecule is CCOc1cc(COc2c(Br)cc(C=C3C(=O)NC(=O)NC3=O)cc2Br)ccc1OCc1ccccc1. The fourth-order valence-corrected chi connectivity index (χ4v) is 4.95. The molecular weight excluding hydrogens is 608 g/mol. The van der Waals surface area contributed by atoms with Gasteiger partial charge in [-0.25, -0.2) is 4.79 Å². The highest BCUT2D eigenvalue weighted by molar-refractivity contribution is 9.11. The van der Waals surface area contributed by atoms with Crippen molar-refractivity contribution >= 4 is 55.8 Å². The van der Waals surface area contributed by atoms with Crippen LogP contribution in [0, 0.1) is 0 Å². The van der Waals surface area contributed by atoms with Crippen molar-refractivity contribution in [2.45, 2.75) is 20.1 Å². The molecule has 0 aromatic heterocycles. The summed E-state index contributed by atoms with van der Waals surface area (Å²) in [5.74, 6) is 0.288. The van der Waals surface area contributed by atoms with E-state index in [9.17, 15) is 14.4 Å². The van der Waals surface area contributed by atoms with Crippen molar-refractivity contribution in [2.24, 2.45) is 0 Å². The number of benzene rings is 3. The van der Waals surface area contributed by atoms with Crippen molar-refractivity contribution in [3.8, 4) is 17.2 Å². The van der Waals surface area contributed by atoms with Crippen LogP contribution in [0.4, 0.5) is 4.79 Å². The Bertz CT molecular complexity index is 1330. The molecule has 1 heterocycles. The van der Waals surface area contributed by atoms with Crippen molar-refractivity contribution < 1.29 is 28.6 Å². The molecule has 0 radical (unpaired) electrons. The zero-order valence-electron chi connectivity index (χ0n) is 19.7. The Balaban J connectivity index is 1.47. The van der Waals surface area contributed by atoms with Crippen LogP contribution < -0.4 is 24.8 Å². The molecule has 8 nitrogen and oxygen atoms in total. The number of carbonyl (C=O) groups excluding carboxylic acids is 3. The molecule has 1 aliphatic rings. The van der Waals surface area contributed by atoms with Gasteiger partial charge in [0.2, 0.25) is 0 Å². The van der Waals surface area contributed by atoms with Crippen LogP contribution in [0.25, 0.3) is 6.08 Å². The second-order valence-corrected chi connectivity index (χ2v) is 9.59. The molecule has 0 unspecified atom stereocenters. The Hall–Kier alpha value is -3.63. The van der Waals surface area contributed by atoms with Crippen LogP contribution in [0.3, 0.4) is 0 Å². The van der Waals surface area contributed by atoms with Gasteiger partial charge in [0.1, 0.15) is 24.5 Å². The highest BCUT2D eigenvalue weighted by Gasteiger charge is 2.27. The first-order valence-electron chi connectivity index (χ1n) is 11.3. The number of hydrogen-bond donors (Lipinski definition) is 2. The van der Waals surface area contributed by atoms with E-state index in [1.54, 1.807) is 12.1 Å². The monoisotopic (exact) mass is 628 g/mol. The topological polar surface area (TPSA) is 103 Å². The molecule has 1 aliphatic heterocycles. The third-order valence-electron chi connectivity index (χ3n) is 5.20. The Morgan fingerprint density at radius 3 is 2.05 bits per heavy atom. The highest BCUT2D eigenvalue weighted by atomic mass is 79.9. The van der Waals surface area contributed by atoms with Gasteiger partial charge in [0.15, 0.2) is 11.5 Å². The van der Waals surface area contributed by atoms with Crippen LogP contribution in [0.1, 0.15) is 23.6 Å². The lowest BCUT2D eigenvalue weighted by atomic mass is 10.1. The van der Waals surface area contributed by atoms with E-state index in [4.69, 9.17) is 14.2 Å². The normalized spacial score (nSPS) is 13.1. The number of ether oxygens (including phenoxy) is 3. The van der Waals surface area contributed by atoms with E-state index in [1.807, 2.05) is 66.1 Å². The fourth-order valence-electron chi connectivity index (χ4n) is 3.49. The van der Waals surface area contributed by atoms with E-state index in [-0.39, 0.29) is 12.2 Å². The summed E-state index contributed by atoms with van der Waals surface area (Å²) in [7, 11) is 0. The number of urea groups is 1. The summed E-state index contributed by atoms with van der Waals surface area (Å²) in [6, 6.07) is 18.1. The van der Waals surface area contributed by atoms with Crippen molar-refractivity contribution in [3.63, 3.8) is 0 Å². The molecule has 10 heteroatoms. The Morgan fingerprint density at radius 2 is 1.41 bits per heavy atom. The molecular formula is C27H22Br2N2O6. The minimum atomic E-state index is -0.846. The van der Waals surface area contributed by atoms with Gasteiger partial charge in [-0.1, -0.05) is 36.4 Å². The minimum Gasteiger partial charge on any atom is -0.490 e. The van der Waals surface area contributed by atoms with E-state index in [0.717, 1.165) is 11.1 Å². The lowest BCUT2D eigenvalue weighted by Gasteiger charge is -2.16. The molecule has 0 atom stereocenters. The number of imide groups is 2. The molecule has 190 valence electrons. The molecule has 3 aromatic carbocycles. The van der Waals surface area contributed by atoms with Gasteiger partial charge >= 0.3 is 6.03 Å². The average molecular weight is 630 g/mol. The quantitative estimate of drug-likeness (QED) is 0.239. The zero-order chi connectivity index (χ0) is 26.4. The molecule has 2 N–H and O–H groups in total. The van der Waals surface area contributed by atoms with Gasteiger partial charge in [-0.2, -0.15) is 0 Å². The molecule has 1 saturated heterocycles. The minimum absolute atomic E-state index is 0.176. The number of rotatable bonds is 9. The van der Waals surface area contributed by atoms with Crippen LogP contribution in [-0.2, 0) is 22.8 Å². The largest absolute Gasteiger partial charge is 0.490 e. The molecule has 0 spiro atoms. The first kappa shape index (κ1) is 26.4. The second kappa shape index (κ2) is 12.1. The van der Waals surface area contributed by atoms with Gasteiger partial charge in [0.25, 0.3) is 11.8 Å². The highest BCUT2D eigenvalue weighted by Crippen LogP contribution is 2.37. The summed E-state index contributed by atoms with van der Waals surface area (Å²) in [6.07, 6.45) is 1.39. The first-order valence-corrected chi connectivity index (χ1v) is 12.8. The standard InChI is InChI=1S/C27H22Br2N2O6/c1-2-35-23-13-17(8-9-22(23)36-14-16-6-4-3-5-7-16)15-37-24-20(28)11-18(12-21(24)29)10-19-25(32)30-27(34)31-26(19)33/h3-13H,2,14-15H2,1H3,(H2,30,31,32,33,34). The number of carbonyl (C=O) groups is 3. The maximum atomic E-state index is 12.0. The van der Waals surface area contributed by atoms with E-state index in [0.29, 0.717) is 45.0 Å². The maximum Gasteiger partial charge on any atom is 0.328 e. The zero-order valence-corrected chi connectivity index (χ0v) is 22.8. The number of barbiturate groups is 1. The van der Waals surface area contributed by atoms with Gasteiger partial charge in [-0.15, -0.1) is 0 Å². The molecule has 37 heavy (non-hydrogen) atoms. The molecule has 1 fully saturated rings. The second-order valence-electron chi connectivity index (χ2n) is 7.89. The molecule has 3 aromatic rings. The van der Waals surface area contributed by atoms with Crippen LogP contribution in [0.15, 0.2) is 75.2 Å². The van der Waals surface area contributed by atoms with E-state index in [2.05, 4.69) is 31.9 Å². The smallest absolute Gasteiger partial charge is 0.328 e. The first-order chi connectivity index (χ1) is 17.8. The van der Waals surface area contributed by atoms with E-state index < -0.39 is 17.8 Å². The predicted octanol–water partition coefficient (Wildman–Crippen LogP) is 5.52.